The maximum Gasteiger partial charge on any atom is 0.409 e. The third-order valence-electron chi connectivity index (χ3n) is 3.40. The van der Waals surface area contributed by atoms with E-state index in [9.17, 15) is 19.2 Å². The summed E-state index contributed by atoms with van der Waals surface area (Å²) in [5, 5.41) is 4.47. The van der Waals surface area contributed by atoms with Gasteiger partial charge in [0.25, 0.3) is 5.91 Å². The normalized spacial score (nSPS) is 21.9. The molecule has 2 fully saturated rings. The third kappa shape index (κ3) is 3.61. The second-order valence-electron chi connectivity index (χ2n) is 4.79. The number of nitrogens with zero attached hydrogens (tertiary/aromatic N) is 2. The molecule has 21 heavy (non-hydrogen) atoms. The first kappa shape index (κ1) is 15.1. The number of piperazine rings is 1. The van der Waals surface area contributed by atoms with Crippen LogP contribution >= 0.6 is 0 Å². The number of nitrogens with one attached hydrogen (secondary N) is 2. The summed E-state index contributed by atoms with van der Waals surface area (Å²) in [5.74, 6) is -0.709. The molecule has 9 nitrogen and oxygen atoms in total. The first-order valence-corrected chi connectivity index (χ1v) is 6.82. The van der Waals surface area contributed by atoms with Crippen molar-refractivity contribution >= 4 is 23.9 Å². The number of ether oxygens (including phenoxy) is 1. The second-order valence-corrected chi connectivity index (χ2v) is 4.79. The van der Waals surface area contributed by atoms with Gasteiger partial charge in [0.15, 0.2) is 0 Å². The number of imide groups is 1. The summed E-state index contributed by atoms with van der Waals surface area (Å²) in [6, 6.07) is -1.39. The van der Waals surface area contributed by atoms with Crippen LogP contribution in [0.3, 0.4) is 0 Å². The van der Waals surface area contributed by atoms with Gasteiger partial charge in [0, 0.05) is 26.2 Å². The van der Waals surface area contributed by atoms with Gasteiger partial charge in [-0.25, -0.2) is 9.59 Å². The standard InChI is InChI=1S/C12H18N4O5/c1-2-21-12(20)16-5-3-15(4-6-16)9(17)7-8-10(18)14-11(19)13-8/h8H,2-7H2,1H3,(H2,13,14,18,19). The van der Waals surface area contributed by atoms with Gasteiger partial charge < -0.3 is 19.9 Å². The average molecular weight is 298 g/mol. The van der Waals surface area contributed by atoms with Gasteiger partial charge >= 0.3 is 12.1 Å². The molecule has 0 saturated carbocycles. The number of amides is 5. The highest BCUT2D eigenvalue weighted by atomic mass is 16.6. The van der Waals surface area contributed by atoms with E-state index in [1.165, 1.54) is 4.90 Å². The molecule has 0 radical (unpaired) electrons. The second kappa shape index (κ2) is 6.42. The number of rotatable bonds is 3. The van der Waals surface area contributed by atoms with E-state index >= 15 is 0 Å². The highest BCUT2D eigenvalue weighted by Gasteiger charge is 2.33. The molecule has 2 N–H and O–H groups in total. The van der Waals surface area contributed by atoms with E-state index in [1.807, 2.05) is 0 Å². The highest BCUT2D eigenvalue weighted by molar-refractivity contribution is 6.05. The lowest BCUT2D eigenvalue weighted by Crippen LogP contribution is -2.51. The Morgan fingerprint density at radius 3 is 2.33 bits per heavy atom. The molecule has 0 aromatic heterocycles. The molecule has 116 valence electrons. The van der Waals surface area contributed by atoms with Gasteiger partial charge in [-0.2, -0.15) is 0 Å². The van der Waals surface area contributed by atoms with Crippen molar-refractivity contribution in [2.45, 2.75) is 19.4 Å². The van der Waals surface area contributed by atoms with Crippen LogP contribution in [0.15, 0.2) is 0 Å². The maximum atomic E-state index is 12.1. The fraction of sp³-hybridized carbons (Fsp3) is 0.667. The molecule has 0 spiro atoms. The zero-order chi connectivity index (χ0) is 15.4. The molecule has 1 atom stereocenters. The molecule has 9 heteroatoms. The molecule has 1 unspecified atom stereocenters. The number of hydrogen-bond donors (Lipinski definition) is 2. The van der Waals surface area contributed by atoms with Gasteiger partial charge in [0.2, 0.25) is 5.91 Å². The molecule has 0 bridgehead atoms. The summed E-state index contributed by atoms with van der Waals surface area (Å²) in [4.78, 5) is 49.1. The number of urea groups is 1. The Morgan fingerprint density at radius 2 is 1.81 bits per heavy atom. The summed E-state index contributed by atoms with van der Waals surface area (Å²) in [6.45, 7) is 3.62. The van der Waals surface area contributed by atoms with Crippen molar-refractivity contribution in [1.29, 1.82) is 0 Å². The zero-order valence-corrected chi connectivity index (χ0v) is 11.8. The lowest BCUT2D eigenvalue weighted by atomic mass is 10.2. The Hall–Kier alpha value is -2.32. The van der Waals surface area contributed by atoms with Crippen molar-refractivity contribution in [2.75, 3.05) is 32.8 Å². The summed E-state index contributed by atoms with van der Waals surface area (Å²) in [5.41, 5.74) is 0. The van der Waals surface area contributed by atoms with Crippen LogP contribution in [0.25, 0.3) is 0 Å². The summed E-state index contributed by atoms with van der Waals surface area (Å²) in [6.07, 6.45) is -0.455. The number of hydrogen-bond acceptors (Lipinski definition) is 5. The molecule has 2 aliphatic heterocycles. The zero-order valence-electron chi connectivity index (χ0n) is 11.8. The largest absolute Gasteiger partial charge is 0.450 e. The van der Waals surface area contributed by atoms with Crippen molar-refractivity contribution in [3.8, 4) is 0 Å². The van der Waals surface area contributed by atoms with Crippen LogP contribution in [0, 0.1) is 0 Å². The number of carbonyl (C=O) groups is 4. The Bertz CT molecular complexity index is 459. The molecule has 2 aliphatic rings. The molecule has 0 aromatic carbocycles. The highest BCUT2D eigenvalue weighted by Crippen LogP contribution is 2.08. The van der Waals surface area contributed by atoms with E-state index < -0.39 is 18.0 Å². The summed E-state index contributed by atoms with van der Waals surface area (Å²) < 4.78 is 4.89. The van der Waals surface area contributed by atoms with E-state index in [-0.39, 0.29) is 18.4 Å². The van der Waals surface area contributed by atoms with Gasteiger partial charge in [-0.1, -0.05) is 0 Å². The van der Waals surface area contributed by atoms with E-state index in [2.05, 4.69) is 10.6 Å². The monoisotopic (exact) mass is 298 g/mol. The predicted octanol–water partition coefficient (Wildman–Crippen LogP) is -1.11. The smallest absolute Gasteiger partial charge is 0.409 e. The quantitative estimate of drug-likeness (QED) is 0.642. The molecule has 2 heterocycles. The van der Waals surface area contributed by atoms with Gasteiger partial charge in [-0.05, 0) is 6.92 Å². The fourth-order valence-corrected chi connectivity index (χ4v) is 2.26. The van der Waals surface area contributed by atoms with Gasteiger partial charge in [0.1, 0.15) is 6.04 Å². The Balaban J connectivity index is 1.79. The molecule has 5 amide bonds. The van der Waals surface area contributed by atoms with Crippen LogP contribution in [0.2, 0.25) is 0 Å². The topological polar surface area (TPSA) is 108 Å². The maximum absolute atomic E-state index is 12.1. The first-order valence-electron chi connectivity index (χ1n) is 6.82. The van der Waals surface area contributed by atoms with Crippen molar-refractivity contribution in [3.63, 3.8) is 0 Å². The summed E-state index contributed by atoms with van der Waals surface area (Å²) >= 11 is 0. The van der Waals surface area contributed by atoms with Crippen molar-refractivity contribution in [2.24, 2.45) is 0 Å². The van der Waals surface area contributed by atoms with Crippen molar-refractivity contribution < 1.29 is 23.9 Å². The van der Waals surface area contributed by atoms with E-state index in [4.69, 9.17) is 4.74 Å². The lowest BCUT2D eigenvalue weighted by molar-refractivity contribution is -0.135. The Labute approximate surface area is 121 Å². The van der Waals surface area contributed by atoms with Crippen LogP contribution in [-0.4, -0.2) is 72.6 Å². The Morgan fingerprint density at radius 1 is 1.19 bits per heavy atom. The molecular weight excluding hydrogens is 280 g/mol. The molecule has 0 aliphatic carbocycles. The minimum Gasteiger partial charge on any atom is -0.450 e. The lowest BCUT2D eigenvalue weighted by Gasteiger charge is -2.34. The van der Waals surface area contributed by atoms with Crippen LogP contribution in [0.4, 0.5) is 9.59 Å². The molecular formula is C12H18N4O5. The molecule has 2 rings (SSSR count). The van der Waals surface area contributed by atoms with Gasteiger partial charge in [0.05, 0.1) is 13.0 Å². The predicted molar refractivity (Wildman–Crippen MR) is 70.3 cm³/mol. The van der Waals surface area contributed by atoms with E-state index in [0.717, 1.165) is 0 Å². The average Bonchev–Trinajstić information content (AvgIpc) is 2.77. The van der Waals surface area contributed by atoms with Crippen LogP contribution in [0.5, 0.6) is 0 Å². The van der Waals surface area contributed by atoms with Gasteiger partial charge in [-0.3, -0.25) is 14.9 Å². The minimum absolute atomic E-state index is 0.0724. The first-order chi connectivity index (χ1) is 10.0. The van der Waals surface area contributed by atoms with Crippen LogP contribution in [0.1, 0.15) is 13.3 Å². The molecule has 2 saturated heterocycles. The minimum atomic E-state index is -0.812. The van der Waals surface area contributed by atoms with E-state index in [1.54, 1.807) is 11.8 Å². The number of carbonyl (C=O) groups excluding carboxylic acids is 4. The van der Waals surface area contributed by atoms with Gasteiger partial charge in [-0.15, -0.1) is 0 Å². The third-order valence-corrected chi connectivity index (χ3v) is 3.40. The molecule has 0 aromatic rings. The SMILES string of the molecule is CCOC(=O)N1CCN(C(=O)CC2NC(=O)NC2=O)CC1. The Kier molecular flexibility index (Phi) is 4.61. The van der Waals surface area contributed by atoms with Crippen molar-refractivity contribution in [1.82, 2.24) is 20.4 Å². The van der Waals surface area contributed by atoms with E-state index in [0.29, 0.717) is 32.8 Å². The van der Waals surface area contributed by atoms with Crippen molar-refractivity contribution in [3.05, 3.63) is 0 Å². The van der Waals surface area contributed by atoms with Crippen LogP contribution in [-0.2, 0) is 14.3 Å². The fourth-order valence-electron chi connectivity index (χ4n) is 2.26. The summed E-state index contributed by atoms with van der Waals surface area (Å²) in [7, 11) is 0. The van der Waals surface area contributed by atoms with Crippen LogP contribution < -0.4 is 10.6 Å².